The topological polar surface area (TPSA) is 65.1 Å². The molecule has 0 saturated carbocycles. The van der Waals surface area contributed by atoms with Gasteiger partial charge in [-0.2, -0.15) is 0 Å². The molecule has 28 heavy (non-hydrogen) atoms. The van der Waals surface area contributed by atoms with Gasteiger partial charge >= 0.3 is 0 Å². The van der Waals surface area contributed by atoms with E-state index in [2.05, 4.69) is 0 Å². The van der Waals surface area contributed by atoms with Gasteiger partial charge in [-0.15, -0.1) is 0 Å². The third-order valence-corrected chi connectivity index (χ3v) is 4.87. The van der Waals surface area contributed by atoms with Crippen molar-refractivity contribution < 1.29 is 9.72 Å². The molecule has 1 heterocycles. The van der Waals surface area contributed by atoms with E-state index in [1.165, 1.54) is 6.07 Å². The molecule has 0 spiro atoms. The average Bonchev–Trinajstić information content (AvgIpc) is 2.94. The molecule has 1 aromatic heterocycles. The first-order chi connectivity index (χ1) is 13.3. The van der Waals surface area contributed by atoms with Gasteiger partial charge in [-0.1, -0.05) is 35.9 Å². The third kappa shape index (κ3) is 3.78. The van der Waals surface area contributed by atoms with Crippen molar-refractivity contribution in [3.8, 4) is 5.69 Å². The molecule has 0 aliphatic rings. The minimum atomic E-state index is -0.391. The molecule has 0 saturated heterocycles. The van der Waals surface area contributed by atoms with Gasteiger partial charge in [-0.3, -0.25) is 14.9 Å². The Balaban J connectivity index is 1.96. The minimum Gasteiger partial charge on any atom is -0.317 e. The Labute approximate surface area is 164 Å². The molecule has 0 bridgehead atoms. The lowest BCUT2D eigenvalue weighted by Gasteiger charge is -2.12. The molecule has 142 valence electrons. The number of nitro groups is 1. The SMILES string of the molecule is Cc1ccc(C(=O)/C=C/c2cc(C)n(-c3cc([N+](=O)[O-])ccc3C)c2C)cc1. The van der Waals surface area contributed by atoms with Gasteiger partial charge in [0.1, 0.15) is 0 Å². The van der Waals surface area contributed by atoms with Crippen LogP contribution in [0.1, 0.15) is 38.4 Å². The number of benzene rings is 2. The van der Waals surface area contributed by atoms with E-state index in [1.807, 2.05) is 62.6 Å². The van der Waals surface area contributed by atoms with Gasteiger partial charge in [0, 0.05) is 29.1 Å². The maximum Gasteiger partial charge on any atom is 0.271 e. The number of allylic oxidation sites excluding steroid dienone is 1. The lowest BCUT2D eigenvalue weighted by molar-refractivity contribution is -0.384. The van der Waals surface area contributed by atoms with Crippen molar-refractivity contribution in [3.63, 3.8) is 0 Å². The number of nitro benzene ring substituents is 1. The highest BCUT2D eigenvalue weighted by molar-refractivity contribution is 6.06. The van der Waals surface area contributed by atoms with Crippen LogP contribution in [0.4, 0.5) is 5.69 Å². The molecule has 0 unspecified atom stereocenters. The van der Waals surface area contributed by atoms with Crippen molar-refractivity contribution >= 4 is 17.5 Å². The smallest absolute Gasteiger partial charge is 0.271 e. The fourth-order valence-electron chi connectivity index (χ4n) is 3.26. The van der Waals surface area contributed by atoms with Crippen LogP contribution in [0.3, 0.4) is 0 Å². The van der Waals surface area contributed by atoms with Crippen molar-refractivity contribution in [1.82, 2.24) is 4.57 Å². The Morgan fingerprint density at radius 3 is 2.32 bits per heavy atom. The van der Waals surface area contributed by atoms with E-state index in [-0.39, 0.29) is 11.5 Å². The number of nitrogens with zero attached hydrogens (tertiary/aromatic N) is 2. The van der Waals surface area contributed by atoms with Crippen LogP contribution in [0, 0.1) is 37.8 Å². The summed E-state index contributed by atoms with van der Waals surface area (Å²) in [5, 5.41) is 11.2. The Hall–Kier alpha value is -3.47. The summed E-state index contributed by atoms with van der Waals surface area (Å²) in [4.78, 5) is 23.2. The zero-order valence-corrected chi connectivity index (χ0v) is 16.4. The van der Waals surface area contributed by atoms with E-state index in [0.29, 0.717) is 5.56 Å². The van der Waals surface area contributed by atoms with Crippen LogP contribution in [-0.4, -0.2) is 15.3 Å². The number of carbonyl (C=O) groups is 1. The van der Waals surface area contributed by atoms with Crippen LogP contribution in [0.2, 0.25) is 0 Å². The number of aromatic nitrogens is 1. The summed E-state index contributed by atoms with van der Waals surface area (Å²) in [5.74, 6) is -0.0590. The molecule has 5 heteroatoms. The van der Waals surface area contributed by atoms with Crippen molar-refractivity contribution in [2.24, 2.45) is 0 Å². The number of non-ortho nitro benzene ring substituents is 1. The summed E-state index contributed by atoms with van der Waals surface area (Å²) in [7, 11) is 0. The van der Waals surface area contributed by atoms with Crippen LogP contribution >= 0.6 is 0 Å². The number of hydrogen-bond donors (Lipinski definition) is 0. The summed E-state index contributed by atoms with van der Waals surface area (Å²) < 4.78 is 1.98. The van der Waals surface area contributed by atoms with E-state index in [9.17, 15) is 14.9 Å². The Morgan fingerprint density at radius 2 is 1.68 bits per heavy atom. The quantitative estimate of drug-likeness (QED) is 0.256. The van der Waals surface area contributed by atoms with E-state index < -0.39 is 4.92 Å². The molecule has 3 rings (SSSR count). The van der Waals surface area contributed by atoms with Gasteiger partial charge in [0.15, 0.2) is 5.78 Å². The maximum absolute atomic E-state index is 12.4. The van der Waals surface area contributed by atoms with Crippen molar-refractivity contribution in [2.75, 3.05) is 0 Å². The van der Waals surface area contributed by atoms with Crippen molar-refractivity contribution in [1.29, 1.82) is 0 Å². The van der Waals surface area contributed by atoms with Crippen LogP contribution in [0.15, 0.2) is 54.6 Å². The molecule has 2 aromatic carbocycles. The lowest BCUT2D eigenvalue weighted by Crippen LogP contribution is -2.03. The average molecular weight is 374 g/mol. The van der Waals surface area contributed by atoms with Gasteiger partial charge in [-0.25, -0.2) is 0 Å². The number of ketones is 1. The Bertz CT molecular complexity index is 1090. The highest BCUT2D eigenvalue weighted by Gasteiger charge is 2.15. The van der Waals surface area contributed by atoms with Gasteiger partial charge in [-0.05, 0) is 57.0 Å². The first-order valence-electron chi connectivity index (χ1n) is 9.01. The molecule has 0 aliphatic heterocycles. The predicted molar refractivity (Wildman–Crippen MR) is 111 cm³/mol. The second-order valence-electron chi connectivity index (χ2n) is 6.95. The molecule has 0 amide bonds. The summed E-state index contributed by atoms with van der Waals surface area (Å²) in [6.07, 6.45) is 3.37. The Kier molecular flexibility index (Phi) is 5.27. The third-order valence-electron chi connectivity index (χ3n) is 4.87. The first kappa shape index (κ1) is 19.3. The van der Waals surface area contributed by atoms with E-state index in [0.717, 1.165) is 33.8 Å². The fourth-order valence-corrected chi connectivity index (χ4v) is 3.26. The molecule has 0 N–H and O–H groups in total. The number of aryl methyl sites for hydroxylation is 3. The fraction of sp³-hybridized carbons (Fsp3) is 0.174. The highest BCUT2D eigenvalue weighted by Crippen LogP contribution is 2.27. The van der Waals surface area contributed by atoms with Crippen molar-refractivity contribution in [2.45, 2.75) is 27.7 Å². The van der Waals surface area contributed by atoms with Crippen LogP contribution in [0.25, 0.3) is 11.8 Å². The maximum atomic E-state index is 12.4. The number of rotatable bonds is 5. The van der Waals surface area contributed by atoms with Crippen LogP contribution in [-0.2, 0) is 0 Å². The molecule has 5 nitrogen and oxygen atoms in total. The second-order valence-corrected chi connectivity index (χ2v) is 6.95. The molecule has 0 radical (unpaired) electrons. The largest absolute Gasteiger partial charge is 0.317 e. The van der Waals surface area contributed by atoms with Crippen LogP contribution < -0.4 is 0 Å². The molecule has 0 aliphatic carbocycles. The summed E-state index contributed by atoms with van der Waals surface area (Å²) in [6, 6.07) is 14.3. The normalized spacial score (nSPS) is 11.1. The second kappa shape index (κ2) is 7.64. The summed E-state index contributed by atoms with van der Waals surface area (Å²) in [6.45, 7) is 7.80. The van der Waals surface area contributed by atoms with E-state index >= 15 is 0 Å². The standard InChI is InChI=1S/C23H22N2O3/c1-15-5-8-19(9-6-15)23(26)12-10-20-13-17(3)24(18(20)4)22-14-21(25(27)28)11-7-16(22)2/h5-14H,1-4H3/b12-10+. The number of hydrogen-bond acceptors (Lipinski definition) is 3. The van der Waals surface area contributed by atoms with Gasteiger partial charge in [0.25, 0.3) is 5.69 Å². The predicted octanol–water partition coefficient (Wildman–Crippen LogP) is 5.52. The molecule has 0 atom stereocenters. The zero-order valence-electron chi connectivity index (χ0n) is 16.4. The van der Waals surface area contributed by atoms with E-state index in [1.54, 1.807) is 24.3 Å². The van der Waals surface area contributed by atoms with E-state index in [4.69, 9.17) is 0 Å². The van der Waals surface area contributed by atoms with Gasteiger partial charge in [0.2, 0.25) is 0 Å². The molecular formula is C23H22N2O3. The monoisotopic (exact) mass is 374 g/mol. The molecule has 0 fully saturated rings. The number of carbonyl (C=O) groups excluding carboxylic acids is 1. The molecule has 3 aromatic rings. The van der Waals surface area contributed by atoms with Crippen molar-refractivity contribution in [3.05, 3.63) is 98.4 Å². The zero-order chi connectivity index (χ0) is 20.4. The molecular weight excluding hydrogens is 352 g/mol. The highest BCUT2D eigenvalue weighted by atomic mass is 16.6. The lowest BCUT2D eigenvalue weighted by atomic mass is 10.1. The van der Waals surface area contributed by atoms with Gasteiger partial charge in [0.05, 0.1) is 10.6 Å². The summed E-state index contributed by atoms with van der Waals surface area (Å²) >= 11 is 0. The Morgan fingerprint density at radius 1 is 1.00 bits per heavy atom. The minimum absolute atomic E-state index is 0.0553. The van der Waals surface area contributed by atoms with Crippen LogP contribution in [0.5, 0.6) is 0 Å². The first-order valence-corrected chi connectivity index (χ1v) is 9.01. The summed E-state index contributed by atoms with van der Waals surface area (Å²) in [5.41, 5.74) is 6.30. The van der Waals surface area contributed by atoms with Gasteiger partial charge < -0.3 is 4.57 Å².